The average molecular weight is 201 g/mol. The van der Waals surface area contributed by atoms with Crippen LogP contribution < -0.4 is 0 Å². The first kappa shape index (κ1) is 11.0. The van der Waals surface area contributed by atoms with Gasteiger partial charge < -0.3 is 14.7 Å². The highest BCUT2D eigenvalue weighted by Gasteiger charge is 2.30. The van der Waals surface area contributed by atoms with Crippen molar-refractivity contribution in [1.82, 2.24) is 4.90 Å². The minimum atomic E-state index is -0.929. The Kier molecular flexibility index (Phi) is 3.88. The highest BCUT2D eigenvalue weighted by Crippen LogP contribution is 2.10. The fourth-order valence-electron chi connectivity index (χ4n) is 1.55. The topological polar surface area (TPSA) is 66.8 Å². The zero-order valence-corrected chi connectivity index (χ0v) is 8.23. The summed E-state index contributed by atoms with van der Waals surface area (Å²) >= 11 is 0. The minimum absolute atomic E-state index is 0.00743. The van der Waals surface area contributed by atoms with Crippen LogP contribution in [0.5, 0.6) is 0 Å². The fraction of sp³-hybridized carbons (Fsp3) is 0.778. The number of carbonyl (C=O) groups is 2. The Morgan fingerprint density at radius 3 is 2.93 bits per heavy atom. The van der Waals surface area contributed by atoms with Crippen molar-refractivity contribution in [3.8, 4) is 0 Å². The van der Waals surface area contributed by atoms with E-state index >= 15 is 0 Å². The molecule has 1 N–H and O–H groups in total. The van der Waals surface area contributed by atoms with Gasteiger partial charge in [-0.25, -0.2) is 4.79 Å². The molecule has 1 fully saturated rings. The van der Waals surface area contributed by atoms with Crippen LogP contribution in [0.25, 0.3) is 0 Å². The lowest BCUT2D eigenvalue weighted by molar-refractivity contribution is -0.157. The van der Waals surface area contributed by atoms with E-state index in [2.05, 4.69) is 0 Å². The third kappa shape index (κ3) is 2.45. The molecule has 1 aliphatic heterocycles. The summed E-state index contributed by atoms with van der Waals surface area (Å²) in [7, 11) is 0. The Labute approximate surface area is 82.6 Å². The standard InChI is InChI=1S/C9H15NO4/c1-2-3-7(9(12)13)10-4-5-14-6-8(10)11/h7H,2-6H2,1H3,(H,12,13). The van der Waals surface area contributed by atoms with E-state index in [-0.39, 0.29) is 12.5 Å². The van der Waals surface area contributed by atoms with Crippen molar-refractivity contribution in [2.24, 2.45) is 0 Å². The van der Waals surface area contributed by atoms with Gasteiger partial charge in [0.2, 0.25) is 5.91 Å². The molecule has 0 aromatic heterocycles. The number of aliphatic carboxylic acids is 1. The van der Waals surface area contributed by atoms with Crippen LogP contribution in [0.4, 0.5) is 0 Å². The van der Waals surface area contributed by atoms with Gasteiger partial charge in [-0.3, -0.25) is 4.79 Å². The molecule has 5 heteroatoms. The van der Waals surface area contributed by atoms with Crippen LogP contribution >= 0.6 is 0 Å². The number of rotatable bonds is 4. The van der Waals surface area contributed by atoms with E-state index < -0.39 is 12.0 Å². The van der Waals surface area contributed by atoms with Gasteiger partial charge in [0, 0.05) is 6.54 Å². The smallest absolute Gasteiger partial charge is 0.326 e. The van der Waals surface area contributed by atoms with E-state index in [0.29, 0.717) is 19.6 Å². The molecule has 0 aromatic rings. The lowest BCUT2D eigenvalue weighted by Gasteiger charge is -2.31. The summed E-state index contributed by atoms with van der Waals surface area (Å²) in [4.78, 5) is 23.7. The van der Waals surface area contributed by atoms with Gasteiger partial charge in [-0.05, 0) is 6.42 Å². The number of hydrogen-bond donors (Lipinski definition) is 1. The Bertz CT molecular complexity index is 227. The molecule has 1 aliphatic rings. The normalized spacial score (nSPS) is 19.5. The molecule has 14 heavy (non-hydrogen) atoms. The molecular weight excluding hydrogens is 186 g/mol. The molecule has 1 heterocycles. The summed E-state index contributed by atoms with van der Waals surface area (Å²) in [5.41, 5.74) is 0. The van der Waals surface area contributed by atoms with Crippen molar-refractivity contribution in [2.75, 3.05) is 19.8 Å². The number of hydrogen-bond acceptors (Lipinski definition) is 3. The number of ether oxygens (including phenoxy) is 1. The molecule has 1 rings (SSSR count). The summed E-state index contributed by atoms with van der Waals surface area (Å²) in [6, 6.07) is -0.684. The maximum absolute atomic E-state index is 11.4. The van der Waals surface area contributed by atoms with E-state index in [1.54, 1.807) is 0 Å². The molecule has 0 aromatic carbocycles. The van der Waals surface area contributed by atoms with Gasteiger partial charge in [0.05, 0.1) is 6.61 Å². The fourth-order valence-corrected chi connectivity index (χ4v) is 1.55. The first-order valence-electron chi connectivity index (χ1n) is 4.76. The number of morpholine rings is 1. The van der Waals surface area contributed by atoms with Gasteiger partial charge >= 0.3 is 5.97 Å². The van der Waals surface area contributed by atoms with E-state index in [9.17, 15) is 9.59 Å². The zero-order valence-electron chi connectivity index (χ0n) is 8.23. The highest BCUT2D eigenvalue weighted by atomic mass is 16.5. The van der Waals surface area contributed by atoms with Gasteiger partial charge in [0.1, 0.15) is 12.6 Å². The second kappa shape index (κ2) is 4.95. The first-order valence-corrected chi connectivity index (χ1v) is 4.76. The second-order valence-electron chi connectivity index (χ2n) is 3.28. The molecule has 0 radical (unpaired) electrons. The monoisotopic (exact) mass is 201 g/mol. The van der Waals surface area contributed by atoms with E-state index in [0.717, 1.165) is 6.42 Å². The lowest BCUT2D eigenvalue weighted by atomic mass is 10.1. The number of carboxylic acid groups (broad SMARTS) is 1. The third-order valence-electron chi connectivity index (χ3n) is 2.25. The van der Waals surface area contributed by atoms with Crippen LogP contribution in [0.1, 0.15) is 19.8 Å². The van der Waals surface area contributed by atoms with E-state index in [4.69, 9.17) is 9.84 Å². The Morgan fingerprint density at radius 2 is 2.43 bits per heavy atom. The number of nitrogens with zero attached hydrogens (tertiary/aromatic N) is 1. The quantitative estimate of drug-likeness (QED) is 0.700. The molecule has 5 nitrogen and oxygen atoms in total. The predicted molar refractivity (Wildman–Crippen MR) is 48.9 cm³/mol. The lowest BCUT2D eigenvalue weighted by Crippen LogP contribution is -2.50. The molecule has 1 amide bonds. The van der Waals surface area contributed by atoms with Crippen LogP contribution in [-0.2, 0) is 14.3 Å². The van der Waals surface area contributed by atoms with Gasteiger partial charge in [0.25, 0.3) is 0 Å². The van der Waals surface area contributed by atoms with Gasteiger partial charge in [0.15, 0.2) is 0 Å². The maximum atomic E-state index is 11.4. The van der Waals surface area contributed by atoms with Crippen molar-refractivity contribution in [2.45, 2.75) is 25.8 Å². The summed E-state index contributed by atoms with van der Waals surface area (Å²) < 4.78 is 4.94. The average Bonchev–Trinajstić information content (AvgIpc) is 2.15. The van der Waals surface area contributed by atoms with Crippen LogP contribution in [-0.4, -0.2) is 47.7 Å². The first-order chi connectivity index (χ1) is 6.66. The maximum Gasteiger partial charge on any atom is 0.326 e. The van der Waals surface area contributed by atoms with E-state index in [1.165, 1.54) is 4.90 Å². The predicted octanol–water partition coefficient (Wildman–Crippen LogP) is 0.0985. The van der Waals surface area contributed by atoms with Crippen LogP contribution in [0.2, 0.25) is 0 Å². The van der Waals surface area contributed by atoms with E-state index in [1.807, 2.05) is 6.92 Å². The Morgan fingerprint density at radius 1 is 1.71 bits per heavy atom. The Balaban J connectivity index is 2.65. The third-order valence-corrected chi connectivity index (χ3v) is 2.25. The molecule has 1 atom stereocenters. The highest BCUT2D eigenvalue weighted by molar-refractivity contribution is 5.84. The zero-order chi connectivity index (χ0) is 10.6. The number of carbonyl (C=O) groups excluding carboxylic acids is 1. The number of carboxylic acids is 1. The van der Waals surface area contributed by atoms with Crippen molar-refractivity contribution >= 4 is 11.9 Å². The van der Waals surface area contributed by atoms with Gasteiger partial charge in [-0.2, -0.15) is 0 Å². The van der Waals surface area contributed by atoms with Crippen LogP contribution in [0.3, 0.4) is 0 Å². The minimum Gasteiger partial charge on any atom is -0.480 e. The van der Waals surface area contributed by atoms with Crippen LogP contribution in [0.15, 0.2) is 0 Å². The van der Waals surface area contributed by atoms with Crippen molar-refractivity contribution in [3.63, 3.8) is 0 Å². The molecular formula is C9H15NO4. The van der Waals surface area contributed by atoms with Crippen molar-refractivity contribution in [3.05, 3.63) is 0 Å². The molecule has 0 spiro atoms. The van der Waals surface area contributed by atoms with Crippen molar-refractivity contribution < 1.29 is 19.4 Å². The largest absolute Gasteiger partial charge is 0.480 e. The van der Waals surface area contributed by atoms with Gasteiger partial charge in [-0.15, -0.1) is 0 Å². The molecule has 0 saturated carbocycles. The van der Waals surface area contributed by atoms with Crippen molar-refractivity contribution in [1.29, 1.82) is 0 Å². The summed E-state index contributed by atoms with van der Waals surface area (Å²) in [5.74, 6) is -1.15. The number of amides is 1. The Hall–Kier alpha value is -1.10. The summed E-state index contributed by atoms with van der Waals surface area (Å²) in [5, 5.41) is 8.94. The summed E-state index contributed by atoms with van der Waals surface area (Å²) in [6.45, 7) is 2.73. The van der Waals surface area contributed by atoms with Gasteiger partial charge in [-0.1, -0.05) is 13.3 Å². The SMILES string of the molecule is CCCC(C(=O)O)N1CCOCC1=O. The molecule has 0 aliphatic carbocycles. The molecule has 1 unspecified atom stereocenters. The molecule has 0 bridgehead atoms. The molecule has 1 saturated heterocycles. The van der Waals surface area contributed by atoms with Crippen LogP contribution in [0, 0.1) is 0 Å². The molecule has 80 valence electrons. The second-order valence-corrected chi connectivity index (χ2v) is 3.28. The summed E-state index contributed by atoms with van der Waals surface area (Å²) in [6.07, 6.45) is 1.25.